The second kappa shape index (κ2) is 8.49. The molecule has 3 rings (SSSR count). The quantitative estimate of drug-likeness (QED) is 0.585. The van der Waals surface area contributed by atoms with E-state index in [1.807, 2.05) is 0 Å². The van der Waals surface area contributed by atoms with Gasteiger partial charge in [-0.15, -0.1) is 0 Å². The molecule has 2 aromatic carbocycles. The van der Waals surface area contributed by atoms with Gasteiger partial charge >= 0.3 is 5.97 Å². The number of anilines is 2. The number of hydrogen-bond donors (Lipinski definition) is 1. The van der Waals surface area contributed by atoms with Crippen molar-refractivity contribution in [2.24, 2.45) is 0 Å². The minimum atomic E-state index is -1.16. The van der Waals surface area contributed by atoms with E-state index in [4.69, 9.17) is 4.74 Å². The summed E-state index contributed by atoms with van der Waals surface area (Å²) in [7, 11) is 0. The first-order chi connectivity index (χ1) is 14.2. The third kappa shape index (κ3) is 4.25. The molecular weight excluding hydrogens is 384 g/mol. The van der Waals surface area contributed by atoms with Gasteiger partial charge in [0.1, 0.15) is 5.54 Å². The van der Waals surface area contributed by atoms with Crippen molar-refractivity contribution in [1.82, 2.24) is 0 Å². The van der Waals surface area contributed by atoms with Crippen LogP contribution in [0.25, 0.3) is 0 Å². The van der Waals surface area contributed by atoms with Crippen molar-refractivity contribution in [2.75, 3.05) is 10.2 Å². The van der Waals surface area contributed by atoms with E-state index in [0.717, 1.165) is 0 Å². The molecule has 0 saturated heterocycles. The largest absolute Gasteiger partial charge is 0.453 e. The fourth-order valence-corrected chi connectivity index (χ4v) is 3.32. The standard InChI is InChI=1S/C23H24N2O5/c1-15(30-20(27)14-13-19(26)16-9-5-4-6-10-16)21(28)25-18-12-8-7-11-17(18)24-22(29)23(25,2)3/h4-12,15H,13-14H2,1-3H3,(H,24,29)/t15-/m0/s1. The number of ketones is 1. The van der Waals surface area contributed by atoms with Crippen molar-refractivity contribution in [1.29, 1.82) is 0 Å². The zero-order valence-electron chi connectivity index (χ0n) is 17.2. The van der Waals surface area contributed by atoms with Crippen LogP contribution in [0.4, 0.5) is 11.4 Å². The van der Waals surface area contributed by atoms with E-state index < -0.39 is 23.5 Å². The number of hydrogen-bond acceptors (Lipinski definition) is 5. The molecule has 2 amide bonds. The van der Waals surface area contributed by atoms with E-state index in [1.54, 1.807) is 68.4 Å². The number of benzene rings is 2. The molecule has 7 heteroatoms. The maximum absolute atomic E-state index is 13.1. The highest BCUT2D eigenvalue weighted by Crippen LogP contribution is 2.37. The lowest BCUT2D eigenvalue weighted by molar-refractivity contribution is -0.154. The number of carbonyl (C=O) groups is 4. The van der Waals surface area contributed by atoms with Gasteiger partial charge in [0.2, 0.25) is 5.91 Å². The van der Waals surface area contributed by atoms with Crippen molar-refractivity contribution < 1.29 is 23.9 Å². The molecule has 1 aliphatic heterocycles. The highest BCUT2D eigenvalue weighted by molar-refractivity contribution is 6.15. The number of Topliss-reactive ketones (excluding diaryl/α,β-unsaturated/α-hetero) is 1. The summed E-state index contributed by atoms with van der Waals surface area (Å²) >= 11 is 0. The smallest absolute Gasteiger partial charge is 0.307 e. The van der Waals surface area contributed by atoms with E-state index >= 15 is 0 Å². The minimum Gasteiger partial charge on any atom is -0.453 e. The zero-order valence-corrected chi connectivity index (χ0v) is 17.2. The van der Waals surface area contributed by atoms with Gasteiger partial charge in [-0.3, -0.25) is 24.1 Å². The molecule has 1 aliphatic rings. The normalized spacial score (nSPS) is 15.6. The maximum atomic E-state index is 13.1. The Morgan fingerprint density at radius 1 is 1.00 bits per heavy atom. The third-order valence-corrected chi connectivity index (χ3v) is 5.04. The van der Waals surface area contributed by atoms with Gasteiger partial charge in [-0.05, 0) is 32.9 Å². The first kappa shape index (κ1) is 21.2. The van der Waals surface area contributed by atoms with Crippen LogP contribution in [0.3, 0.4) is 0 Å². The number of carbonyl (C=O) groups excluding carboxylic acids is 4. The Labute approximate surface area is 175 Å². The van der Waals surface area contributed by atoms with E-state index in [1.165, 1.54) is 11.8 Å². The number of nitrogens with zero attached hydrogens (tertiary/aromatic N) is 1. The molecule has 0 spiro atoms. The Balaban J connectivity index is 1.67. The minimum absolute atomic E-state index is 0.00972. The number of fused-ring (bicyclic) bond motifs is 1. The fraction of sp³-hybridized carbons (Fsp3) is 0.304. The van der Waals surface area contributed by atoms with Crippen LogP contribution in [0.2, 0.25) is 0 Å². The molecule has 156 valence electrons. The number of amides is 2. The summed E-state index contributed by atoms with van der Waals surface area (Å²) < 4.78 is 5.28. The molecule has 0 aromatic heterocycles. The molecule has 0 aliphatic carbocycles. The highest BCUT2D eigenvalue weighted by Gasteiger charge is 2.45. The summed E-state index contributed by atoms with van der Waals surface area (Å²) in [5.74, 6) is -1.66. The lowest BCUT2D eigenvalue weighted by atomic mass is 9.95. The molecule has 1 N–H and O–H groups in total. The van der Waals surface area contributed by atoms with Crippen molar-refractivity contribution >= 4 is 34.9 Å². The molecule has 0 unspecified atom stereocenters. The van der Waals surface area contributed by atoms with Crippen molar-refractivity contribution in [3.8, 4) is 0 Å². The zero-order chi connectivity index (χ0) is 21.9. The molecule has 0 saturated carbocycles. The van der Waals surface area contributed by atoms with Crippen LogP contribution in [-0.4, -0.2) is 35.2 Å². The molecule has 1 atom stereocenters. The van der Waals surface area contributed by atoms with Crippen LogP contribution in [0.15, 0.2) is 54.6 Å². The third-order valence-electron chi connectivity index (χ3n) is 5.04. The van der Waals surface area contributed by atoms with Gasteiger partial charge < -0.3 is 10.1 Å². The van der Waals surface area contributed by atoms with Gasteiger partial charge in [-0.2, -0.15) is 0 Å². The average molecular weight is 408 g/mol. The Morgan fingerprint density at radius 3 is 2.33 bits per heavy atom. The van der Waals surface area contributed by atoms with E-state index in [-0.39, 0.29) is 24.5 Å². The van der Waals surface area contributed by atoms with Gasteiger partial charge in [0.05, 0.1) is 17.8 Å². The van der Waals surface area contributed by atoms with Crippen LogP contribution in [0, 0.1) is 0 Å². The van der Waals surface area contributed by atoms with Crippen molar-refractivity contribution in [2.45, 2.75) is 45.3 Å². The fourth-order valence-electron chi connectivity index (χ4n) is 3.32. The first-order valence-electron chi connectivity index (χ1n) is 9.74. The summed E-state index contributed by atoms with van der Waals surface area (Å²) in [6.07, 6.45) is -1.25. The number of rotatable bonds is 6. The maximum Gasteiger partial charge on any atom is 0.307 e. The molecule has 30 heavy (non-hydrogen) atoms. The van der Waals surface area contributed by atoms with Crippen LogP contribution >= 0.6 is 0 Å². The van der Waals surface area contributed by atoms with Gasteiger partial charge in [0.25, 0.3) is 5.91 Å². The molecule has 2 aromatic rings. The van der Waals surface area contributed by atoms with Gasteiger partial charge in [-0.25, -0.2) is 0 Å². The monoisotopic (exact) mass is 408 g/mol. The molecule has 0 fully saturated rings. The molecule has 1 heterocycles. The van der Waals surface area contributed by atoms with Crippen LogP contribution in [-0.2, 0) is 19.1 Å². The SMILES string of the molecule is C[C@H](OC(=O)CCC(=O)c1ccccc1)C(=O)N1c2ccccc2NC(=O)C1(C)C. The van der Waals surface area contributed by atoms with Crippen LogP contribution < -0.4 is 10.2 Å². The molecular formula is C23H24N2O5. The van der Waals surface area contributed by atoms with E-state index in [0.29, 0.717) is 16.9 Å². The Kier molecular flexibility index (Phi) is 6.01. The first-order valence-corrected chi connectivity index (χ1v) is 9.74. The summed E-state index contributed by atoms with van der Waals surface area (Å²) in [6, 6.07) is 15.6. The molecule has 0 radical (unpaired) electrons. The van der Waals surface area contributed by atoms with Crippen molar-refractivity contribution in [3.63, 3.8) is 0 Å². The number of ether oxygens (including phenoxy) is 1. The highest BCUT2D eigenvalue weighted by atomic mass is 16.5. The van der Waals surface area contributed by atoms with Crippen LogP contribution in [0.1, 0.15) is 44.0 Å². The average Bonchev–Trinajstić information content (AvgIpc) is 2.73. The predicted molar refractivity (Wildman–Crippen MR) is 112 cm³/mol. The molecule has 0 bridgehead atoms. The Hall–Kier alpha value is -3.48. The van der Waals surface area contributed by atoms with E-state index in [2.05, 4.69) is 5.32 Å². The van der Waals surface area contributed by atoms with Gasteiger partial charge in [0, 0.05) is 12.0 Å². The summed E-state index contributed by atoms with van der Waals surface area (Å²) in [4.78, 5) is 51.3. The number of para-hydroxylation sites is 2. The Morgan fingerprint density at radius 2 is 1.63 bits per heavy atom. The number of esters is 1. The van der Waals surface area contributed by atoms with Gasteiger partial charge in [-0.1, -0.05) is 42.5 Å². The topological polar surface area (TPSA) is 92.8 Å². The predicted octanol–water partition coefficient (Wildman–Crippen LogP) is 3.35. The summed E-state index contributed by atoms with van der Waals surface area (Å²) in [6.45, 7) is 4.72. The Bertz CT molecular complexity index is 984. The number of nitrogens with one attached hydrogen (secondary N) is 1. The summed E-state index contributed by atoms with van der Waals surface area (Å²) in [5, 5.41) is 2.78. The summed E-state index contributed by atoms with van der Waals surface area (Å²) in [5.41, 5.74) is 0.415. The van der Waals surface area contributed by atoms with Crippen LogP contribution in [0.5, 0.6) is 0 Å². The molecule has 7 nitrogen and oxygen atoms in total. The van der Waals surface area contributed by atoms with Crippen molar-refractivity contribution in [3.05, 3.63) is 60.2 Å². The van der Waals surface area contributed by atoms with E-state index in [9.17, 15) is 19.2 Å². The lowest BCUT2D eigenvalue weighted by Crippen LogP contribution is -2.60. The lowest BCUT2D eigenvalue weighted by Gasteiger charge is -2.42. The second-order valence-corrected chi connectivity index (χ2v) is 7.63. The van der Waals surface area contributed by atoms with Gasteiger partial charge in [0.15, 0.2) is 11.9 Å². The second-order valence-electron chi connectivity index (χ2n) is 7.63.